The van der Waals surface area contributed by atoms with Crippen molar-refractivity contribution < 1.29 is 19.0 Å². The highest BCUT2D eigenvalue weighted by Crippen LogP contribution is 2.35. The van der Waals surface area contributed by atoms with Crippen molar-refractivity contribution in [3.63, 3.8) is 0 Å². The van der Waals surface area contributed by atoms with Crippen LogP contribution in [0.4, 0.5) is 11.5 Å². The molecule has 3 aromatic rings. The second-order valence-corrected chi connectivity index (χ2v) is 8.00. The fourth-order valence-corrected chi connectivity index (χ4v) is 3.88. The quantitative estimate of drug-likeness (QED) is 0.454. The van der Waals surface area contributed by atoms with E-state index in [1.54, 1.807) is 6.07 Å². The molecule has 5 rings (SSSR count). The van der Waals surface area contributed by atoms with Crippen LogP contribution in [0.2, 0.25) is 0 Å². The van der Waals surface area contributed by atoms with Gasteiger partial charge in [0.25, 0.3) is 5.91 Å². The van der Waals surface area contributed by atoms with Crippen molar-refractivity contribution in [3.05, 3.63) is 54.1 Å². The summed E-state index contributed by atoms with van der Waals surface area (Å²) in [6.07, 6.45) is 1.06. The lowest BCUT2D eigenvalue weighted by molar-refractivity contribution is 0.0378. The Balaban J connectivity index is 1.11. The van der Waals surface area contributed by atoms with Gasteiger partial charge in [-0.1, -0.05) is 0 Å². The monoisotopic (exact) mass is 449 g/mol. The van der Waals surface area contributed by atoms with E-state index >= 15 is 0 Å². The summed E-state index contributed by atoms with van der Waals surface area (Å²) in [6.45, 7) is 5.86. The fraction of sp³-hybridized carbons (Fsp3) is 0.333. The van der Waals surface area contributed by atoms with Crippen LogP contribution in [0.3, 0.4) is 0 Å². The van der Waals surface area contributed by atoms with E-state index in [1.807, 2.05) is 42.5 Å². The summed E-state index contributed by atoms with van der Waals surface area (Å²) in [4.78, 5) is 15.1. The first-order chi connectivity index (χ1) is 16.2. The van der Waals surface area contributed by atoms with E-state index in [-0.39, 0.29) is 12.7 Å². The van der Waals surface area contributed by atoms with E-state index in [0.717, 1.165) is 62.8 Å². The van der Waals surface area contributed by atoms with Crippen molar-refractivity contribution in [3.8, 4) is 22.8 Å². The predicted molar refractivity (Wildman–Crippen MR) is 125 cm³/mol. The maximum atomic E-state index is 12.6. The van der Waals surface area contributed by atoms with E-state index < -0.39 is 0 Å². The van der Waals surface area contributed by atoms with Crippen LogP contribution >= 0.6 is 0 Å². The smallest absolute Gasteiger partial charge is 0.256 e. The number of aromatic nitrogens is 2. The molecule has 0 saturated carbocycles. The number of hydrogen-bond donors (Lipinski definition) is 3. The molecule has 3 heterocycles. The molecule has 1 saturated heterocycles. The highest BCUT2D eigenvalue weighted by molar-refractivity contribution is 6.04. The van der Waals surface area contributed by atoms with E-state index in [4.69, 9.17) is 14.2 Å². The number of carbonyl (C=O) groups excluding carboxylic acids is 1. The molecule has 2 aromatic carbocycles. The van der Waals surface area contributed by atoms with Gasteiger partial charge in [-0.15, -0.1) is 0 Å². The summed E-state index contributed by atoms with van der Waals surface area (Å²) in [6, 6.07) is 14.9. The molecule has 0 bridgehead atoms. The van der Waals surface area contributed by atoms with Gasteiger partial charge in [-0.25, -0.2) is 0 Å². The highest BCUT2D eigenvalue weighted by atomic mass is 16.7. The number of rotatable bonds is 8. The van der Waals surface area contributed by atoms with Crippen LogP contribution in [0.1, 0.15) is 16.8 Å². The Morgan fingerprint density at radius 1 is 1.03 bits per heavy atom. The molecule has 2 aliphatic rings. The normalized spacial score (nSPS) is 15.4. The van der Waals surface area contributed by atoms with Crippen molar-refractivity contribution in [2.75, 3.05) is 56.8 Å². The first kappa shape index (κ1) is 21.3. The minimum Gasteiger partial charge on any atom is -0.454 e. The molecule has 2 aliphatic heterocycles. The van der Waals surface area contributed by atoms with Crippen molar-refractivity contribution >= 4 is 17.4 Å². The van der Waals surface area contributed by atoms with E-state index in [9.17, 15) is 4.79 Å². The lowest BCUT2D eigenvalue weighted by atomic mass is 10.1. The van der Waals surface area contributed by atoms with Gasteiger partial charge in [0.2, 0.25) is 6.79 Å². The van der Waals surface area contributed by atoms with Crippen LogP contribution in [0.5, 0.6) is 11.5 Å². The maximum Gasteiger partial charge on any atom is 0.256 e. The van der Waals surface area contributed by atoms with Crippen LogP contribution in [-0.4, -0.2) is 67.2 Å². The number of ether oxygens (including phenoxy) is 3. The number of benzene rings is 2. The van der Waals surface area contributed by atoms with Gasteiger partial charge in [-0.05, 0) is 55.4 Å². The lowest BCUT2D eigenvalue weighted by Crippen LogP contribution is -2.37. The number of aromatic amines is 1. The maximum absolute atomic E-state index is 12.6. The molecule has 0 aliphatic carbocycles. The summed E-state index contributed by atoms with van der Waals surface area (Å²) in [5, 5.41) is 13.4. The number of fused-ring (bicyclic) bond motifs is 1. The number of amides is 1. The minimum absolute atomic E-state index is 0.199. The number of hydrogen-bond acceptors (Lipinski definition) is 7. The molecule has 0 atom stereocenters. The van der Waals surface area contributed by atoms with Crippen molar-refractivity contribution in [2.24, 2.45) is 0 Å². The number of H-pyrrole nitrogens is 1. The number of nitrogens with one attached hydrogen (secondary N) is 3. The first-order valence-electron chi connectivity index (χ1n) is 11.2. The van der Waals surface area contributed by atoms with Gasteiger partial charge >= 0.3 is 0 Å². The van der Waals surface area contributed by atoms with Crippen LogP contribution in [-0.2, 0) is 4.74 Å². The molecular weight excluding hydrogens is 422 g/mol. The molecule has 3 N–H and O–H groups in total. The highest BCUT2D eigenvalue weighted by Gasteiger charge is 2.16. The van der Waals surface area contributed by atoms with Crippen molar-refractivity contribution in [1.29, 1.82) is 0 Å². The number of anilines is 2. The van der Waals surface area contributed by atoms with Gasteiger partial charge < -0.3 is 24.8 Å². The zero-order valence-corrected chi connectivity index (χ0v) is 18.3. The molecule has 1 fully saturated rings. The van der Waals surface area contributed by atoms with E-state index in [2.05, 4.69) is 25.7 Å². The third kappa shape index (κ3) is 5.27. The topological polar surface area (TPSA) is 101 Å². The van der Waals surface area contributed by atoms with Crippen molar-refractivity contribution in [1.82, 2.24) is 15.1 Å². The number of morpholine rings is 1. The molecule has 9 nitrogen and oxygen atoms in total. The molecule has 172 valence electrons. The SMILES string of the molecule is O=C(Nc1cc(-c2ccc3c(c2)OCO3)n[nH]1)c1ccc(NCCCN2CCOCC2)cc1. The molecule has 1 amide bonds. The van der Waals surface area contributed by atoms with Crippen LogP contribution in [0.25, 0.3) is 11.3 Å². The zero-order valence-electron chi connectivity index (χ0n) is 18.3. The summed E-state index contributed by atoms with van der Waals surface area (Å²) in [5.74, 6) is 1.74. The van der Waals surface area contributed by atoms with E-state index in [1.165, 1.54) is 0 Å². The van der Waals surface area contributed by atoms with Gasteiger partial charge in [0.1, 0.15) is 5.82 Å². The zero-order chi connectivity index (χ0) is 22.5. The summed E-state index contributed by atoms with van der Waals surface area (Å²) in [5.41, 5.74) is 3.16. The van der Waals surface area contributed by atoms with Crippen molar-refractivity contribution in [2.45, 2.75) is 6.42 Å². The molecule has 0 unspecified atom stereocenters. The van der Waals surface area contributed by atoms with Gasteiger partial charge in [0.05, 0.1) is 18.9 Å². The average molecular weight is 450 g/mol. The molecular formula is C24H27N5O4. The molecule has 1 aromatic heterocycles. The van der Waals surface area contributed by atoms with Crippen LogP contribution in [0, 0.1) is 0 Å². The Morgan fingerprint density at radius 2 is 1.85 bits per heavy atom. The van der Waals surface area contributed by atoms with Gasteiger partial charge in [0, 0.05) is 42.5 Å². The molecule has 0 spiro atoms. The third-order valence-corrected chi connectivity index (χ3v) is 5.73. The molecule has 33 heavy (non-hydrogen) atoms. The Bertz CT molecular complexity index is 1090. The third-order valence-electron chi connectivity index (χ3n) is 5.73. The lowest BCUT2D eigenvalue weighted by Gasteiger charge is -2.26. The summed E-state index contributed by atoms with van der Waals surface area (Å²) in [7, 11) is 0. The summed E-state index contributed by atoms with van der Waals surface area (Å²) < 4.78 is 16.1. The Labute approximate surface area is 192 Å². The molecule has 0 radical (unpaired) electrons. The van der Waals surface area contributed by atoms with Gasteiger partial charge in [-0.2, -0.15) is 5.10 Å². The summed E-state index contributed by atoms with van der Waals surface area (Å²) >= 11 is 0. The van der Waals surface area contributed by atoms with Crippen LogP contribution in [0.15, 0.2) is 48.5 Å². The minimum atomic E-state index is -0.199. The van der Waals surface area contributed by atoms with Gasteiger partial charge in [0.15, 0.2) is 11.5 Å². The number of carbonyl (C=O) groups is 1. The van der Waals surface area contributed by atoms with Crippen LogP contribution < -0.4 is 20.1 Å². The Kier molecular flexibility index (Phi) is 6.41. The van der Waals surface area contributed by atoms with E-state index in [0.29, 0.717) is 22.8 Å². The average Bonchev–Trinajstić information content (AvgIpc) is 3.52. The van der Waals surface area contributed by atoms with Gasteiger partial charge in [-0.3, -0.25) is 14.8 Å². The number of nitrogens with zero attached hydrogens (tertiary/aromatic N) is 2. The second kappa shape index (κ2) is 9.93. The largest absolute Gasteiger partial charge is 0.454 e. The predicted octanol–water partition coefficient (Wildman–Crippen LogP) is 3.19. The molecule has 9 heteroatoms. The Morgan fingerprint density at radius 3 is 2.70 bits per heavy atom. The first-order valence-corrected chi connectivity index (χ1v) is 11.2. The second-order valence-electron chi connectivity index (χ2n) is 8.00. The fourth-order valence-electron chi connectivity index (χ4n) is 3.88. The Hall–Kier alpha value is -3.56. The standard InChI is InChI=1S/C24H27N5O4/c30-24(17-2-5-19(6-3-17)25-8-1-9-29-10-12-31-13-11-29)26-23-15-20(27-28-23)18-4-7-21-22(14-18)33-16-32-21/h2-7,14-15,25H,1,8-13,16H2,(H2,26,27,28,30).